The Hall–Kier alpha value is -1.84. The zero-order chi connectivity index (χ0) is 14.5. The number of carboxylic acid groups (broad SMARTS) is 2. The third-order valence-electron chi connectivity index (χ3n) is 3.69. The van der Waals surface area contributed by atoms with E-state index in [2.05, 4.69) is 6.92 Å². The molecule has 1 aromatic rings. The molecule has 0 heterocycles. The van der Waals surface area contributed by atoms with Gasteiger partial charge >= 0.3 is 11.9 Å². The maximum Gasteiger partial charge on any atom is 0.321 e. The van der Waals surface area contributed by atoms with Gasteiger partial charge in [0.05, 0.1) is 0 Å². The van der Waals surface area contributed by atoms with Crippen LogP contribution in [0, 0.1) is 5.41 Å². The number of benzene rings is 1. The van der Waals surface area contributed by atoms with Crippen molar-refractivity contribution in [3.8, 4) is 0 Å². The zero-order valence-corrected chi connectivity index (χ0v) is 11.3. The largest absolute Gasteiger partial charge is 0.480 e. The third-order valence-corrected chi connectivity index (χ3v) is 3.69. The predicted molar refractivity (Wildman–Crippen MR) is 72.1 cm³/mol. The van der Waals surface area contributed by atoms with Gasteiger partial charge in [-0.05, 0) is 36.8 Å². The fourth-order valence-electron chi connectivity index (χ4n) is 2.08. The first-order valence-corrected chi connectivity index (χ1v) is 6.51. The molecule has 0 fully saturated rings. The van der Waals surface area contributed by atoms with Gasteiger partial charge in [0.2, 0.25) is 0 Å². The van der Waals surface area contributed by atoms with Crippen LogP contribution in [-0.2, 0) is 22.4 Å². The number of carboxylic acids is 2. The molecule has 19 heavy (non-hydrogen) atoms. The Balaban J connectivity index is 2.81. The number of hydrogen-bond acceptors (Lipinski definition) is 2. The van der Waals surface area contributed by atoms with Gasteiger partial charge < -0.3 is 10.2 Å². The van der Waals surface area contributed by atoms with E-state index in [1.165, 1.54) is 5.56 Å². The molecule has 1 rings (SSSR count). The molecule has 0 bridgehead atoms. The summed E-state index contributed by atoms with van der Waals surface area (Å²) in [5.41, 5.74) is 0.503. The molecule has 0 saturated heterocycles. The Bertz CT molecular complexity index is 434. The Morgan fingerprint density at radius 3 is 1.84 bits per heavy atom. The van der Waals surface area contributed by atoms with Crippen molar-refractivity contribution in [2.24, 2.45) is 5.41 Å². The van der Waals surface area contributed by atoms with E-state index in [9.17, 15) is 19.8 Å². The number of aryl methyl sites for hydroxylation is 2. The van der Waals surface area contributed by atoms with Gasteiger partial charge in [-0.1, -0.05) is 38.1 Å². The highest BCUT2D eigenvalue weighted by Crippen LogP contribution is 2.29. The zero-order valence-electron chi connectivity index (χ0n) is 11.3. The Labute approximate surface area is 113 Å². The lowest BCUT2D eigenvalue weighted by Crippen LogP contribution is -2.39. The van der Waals surface area contributed by atoms with E-state index < -0.39 is 17.4 Å². The second-order valence-corrected chi connectivity index (χ2v) is 4.72. The highest BCUT2D eigenvalue weighted by atomic mass is 16.4. The molecular formula is C15H20O4. The predicted octanol–water partition coefficient (Wildman–Crippen LogP) is 2.75. The molecule has 0 aliphatic carbocycles. The fraction of sp³-hybridized carbons (Fsp3) is 0.467. The second kappa shape index (κ2) is 6.36. The molecule has 1 aromatic carbocycles. The quantitative estimate of drug-likeness (QED) is 0.742. The van der Waals surface area contributed by atoms with Crippen LogP contribution >= 0.6 is 0 Å². The Morgan fingerprint density at radius 2 is 1.47 bits per heavy atom. The molecule has 2 N–H and O–H groups in total. The number of rotatable bonds is 7. The van der Waals surface area contributed by atoms with Crippen molar-refractivity contribution in [3.05, 3.63) is 35.4 Å². The van der Waals surface area contributed by atoms with Crippen LogP contribution in [0.1, 0.15) is 37.8 Å². The molecule has 0 aliphatic rings. The average molecular weight is 264 g/mol. The van der Waals surface area contributed by atoms with Crippen molar-refractivity contribution < 1.29 is 19.8 Å². The fourth-order valence-corrected chi connectivity index (χ4v) is 2.08. The molecule has 4 heteroatoms. The molecule has 0 unspecified atom stereocenters. The molecule has 0 aliphatic heterocycles. The van der Waals surface area contributed by atoms with Crippen LogP contribution in [0.5, 0.6) is 0 Å². The van der Waals surface area contributed by atoms with Gasteiger partial charge in [-0.15, -0.1) is 0 Å². The highest BCUT2D eigenvalue weighted by Gasteiger charge is 2.44. The third kappa shape index (κ3) is 3.34. The SMILES string of the molecule is CCc1ccc(CCC(CC)(C(=O)O)C(=O)O)cc1. The number of hydrogen-bond donors (Lipinski definition) is 2. The van der Waals surface area contributed by atoms with Crippen molar-refractivity contribution >= 4 is 11.9 Å². The maximum atomic E-state index is 11.2. The first-order chi connectivity index (χ1) is 8.96. The van der Waals surface area contributed by atoms with Crippen LogP contribution in [0.4, 0.5) is 0 Å². The molecule has 0 radical (unpaired) electrons. The van der Waals surface area contributed by atoms with Crippen molar-refractivity contribution in [2.75, 3.05) is 0 Å². The van der Waals surface area contributed by atoms with Crippen LogP contribution in [0.15, 0.2) is 24.3 Å². The van der Waals surface area contributed by atoms with Crippen molar-refractivity contribution in [3.63, 3.8) is 0 Å². The molecule has 104 valence electrons. The van der Waals surface area contributed by atoms with Crippen LogP contribution in [0.25, 0.3) is 0 Å². The normalized spacial score (nSPS) is 11.3. The Morgan fingerprint density at radius 1 is 1.00 bits per heavy atom. The molecule has 0 spiro atoms. The monoisotopic (exact) mass is 264 g/mol. The van der Waals surface area contributed by atoms with E-state index in [0.29, 0.717) is 6.42 Å². The average Bonchev–Trinajstić information content (AvgIpc) is 2.40. The summed E-state index contributed by atoms with van der Waals surface area (Å²) in [4.78, 5) is 22.5. The van der Waals surface area contributed by atoms with Crippen LogP contribution in [-0.4, -0.2) is 22.2 Å². The molecule has 4 nitrogen and oxygen atoms in total. The van der Waals surface area contributed by atoms with Crippen LogP contribution < -0.4 is 0 Å². The summed E-state index contributed by atoms with van der Waals surface area (Å²) >= 11 is 0. The number of carbonyl (C=O) groups is 2. The molecule has 0 amide bonds. The minimum atomic E-state index is -1.68. The van der Waals surface area contributed by atoms with E-state index in [1.807, 2.05) is 24.3 Å². The van der Waals surface area contributed by atoms with E-state index >= 15 is 0 Å². The minimum absolute atomic E-state index is 0.0880. The van der Waals surface area contributed by atoms with Gasteiger partial charge in [-0.25, -0.2) is 0 Å². The van der Waals surface area contributed by atoms with E-state index in [-0.39, 0.29) is 12.8 Å². The smallest absolute Gasteiger partial charge is 0.321 e. The van der Waals surface area contributed by atoms with Crippen molar-refractivity contribution in [1.29, 1.82) is 0 Å². The van der Waals surface area contributed by atoms with Gasteiger partial charge in [0.1, 0.15) is 0 Å². The van der Waals surface area contributed by atoms with Crippen molar-refractivity contribution in [2.45, 2.75) is 39.5 Å². The highest BCUT2D eigenvalue weighted by molar-refractivity contribution is 5.98. The summed E-state index contributed by atoms with van der Waals surface area (Å²) in [5, 5.41) is 18.3. The molecule has 0 aromatic heterocycles. The van der Waals surface area contributed by atoms with E-state index in [0.717, 1.165) is 12.0 Å². The maximum absolute atomic E-state index is 11.2. The van der Waals surface area contributed by atoms with Gasteiger partial charge in [-0.3, -0.25) is 9.59 Å². The minimum Gasteiger partial charge on any atom is -0.480 e. The first kappa shape index (κ1) is 15.2. The lowest BCUT2D eigenvalue weighted by molar-refractivity contribution is -0.165. The lowest BCUT2D eigenvalue weighted by Gasteiger charge is -2.23. The van der Waals surface area contributed by atoms with Gasteiger partial charge in [-0.2, -0.15) is 0 Å². The summed E-state index contributed by atoms with van der Waals surface area (Å²) in [7, 11) is 0. The van der Waals surface area contributed by atoms with Crippen LogP contribution in [0.2, 0.25) is 0 Å². The molecular weight excluding hydrogens is 244 g/mol. The Kier molecular flexibility index (Phi) is 5.10. The summed E-state index contributed by atoms with van der Waals surface area (Å²) in [6, 6.07) is 7.85. The van der Waals surface area contributed by atoms with Gasteiger partial charge in [0, 0.05) is 0 Å². The van der Waals surface area contributed by atoms with Gasteiger partial charge in [0.15, 0.2) is 5.41 Å². The summed E-state index contributed by atoms with van der Waals surface area (Å²) < 4.78 is 0. The molecule has 0 saturated carbocycles. The first-order valence-electron chi connectivity index (χ1n) is 6.51. The standard InChI is InChI=1S/C15H20O4/c1-3-11-5-7-12(8-6-11)9-10-15(4-2,13(16)17)14(18)19/h5-8H,3-4,9-10H2,1-2H3,(H,16,17)(H,18,19). The number of aliphatic carboxylic acids is 2. The van der Waals surface area contributed by atoms with Crippen molar-refractivity contribution in [1.82, 2.24) is 0 Å². The summed E-state index contributed by atoms with van der Waals surface area (Å²) in [5.74, 6) is -2.51. The van der Waals surface area contributed by atoms with Crippen LogP contribution in [0.3, 0.4) is 0 Å². The van der Waals surface area contributed by atoms with E-state index in [1.54, 1.807) is 6.92 Å². The molecule has 0 atom stereocenters. The summed E-state index contributed by atoms with van der Waals surface area (Å²) in [6.07, 6.45) is 1.60. The lowest BCUT2D eigenvalue weighted by atomic mass is 9.79. The topological polar surface area (TPSA) is 74.6 Å². The van der Waals surface area contributed by atoms with E-state index in [4.69, 9.17) is 0 Å². The second-order valence-electron chi connectivity index (χ2n) is 4.72. The summed E-state index contributed by atoms with van der Waals surface area (Å²) in [6.45, 7) is 3.66. The van der Waals surface area contributed by atoms with Gasteiger partial charge in [0.25, 0.3) is 0 Å².